The van der Waals surface area contributed by atoms with Crippen LogP contribution in [0.2, 0.25) is 0 Å². The number of hydrogen-bond acceptors (Lipinski definition) is 6. The molecule has 0 atom stereocenters. The highest BCUT2D eigenvalue weighted by atomic mass is 16.4. The number of benzene rings is 9. The maximum atomic E-state index is 6.57. The quantitative estimate of drug-likeness (QED) is 0.169. The summed E-state index contributed by atoms with van der Waals surface area (Å²) in [5.74, 6) is 2.42. The third-order valence-corrected chi connectivity index (χ3v) is 10.9. The Morgan fingerprint density at radius 3 is 1.80 bits per heavy atom. The first-order valence-electron chi connectivity index (χ1n) is 18.6. The average molecular weight is 717 g/mol. The summed E-state index contributed by atoms with van der Waals surface area (Å²) in [5, 5.41) is 10.8. The fourth-order valence-corrected chi connectivity index (χ4v) is 8.20. The molecule has 6 heteroatoms. The van der Waals surface area contributed by atoms with Crippen molar-refractivity contribution in [2.75, 3.05) is 0 Å². The molecule has 3 heterocycles. The molecule has 0 aliphatic heterocycles. The Morgan fingerprint density at radius 2 is 0.964 bits per heavy atom. The van der Waals surface area contributed by atoms with Crippen LogP contribution in [0.25, 0.3) is 122 Å². The molecule has 260 valence electrons. The molecular formula is C50H28N4O2. The Balaban J connectivity index is 1.05. The van der Waals surface area contributed by atoms with Crippen molar-refractivity contribution in [3.8, 4) is 45.6 Å². The Labute approximate surface area is 319 Å². The number of furan rings is 1. The van der Waals surface area contributed by atoms with Crippen LogP contribution in [0.3, 0.4) is 0 Å². The van der Waals surface area contributed by atoms with E-state index in [-0.39, 0.29) is 0 Å². The van der Waals surface area contributed by atoms with Gasteiger partial charge in [-0.05, 0) is 92.3 Å². The first-order chi connectivity index (χ1) is 27.7. The molecule has 0 amide bonds. The SMILES string of the molecule is c1ccc(-c2nc3ccc4oc5c6ccc(-c7nc(-c8ccc9ccccc9c8)nc(-c8cc9ccccc9c9ccccc89)n7)cc6ccc5c4c3o2)cc1. The topological polar surface area (TPSA) is 77.8 Å². The van der Waals surface area contributed by atoms with Gasteiger partial charge in [0.05, 0.1) is 5.39 Å². The molecule has 0 N–H and O–H groups in total. The fraction of sp³-hybridized carbons (Fsp3) is 0. The second kappa shape index (κ2) is 11.9. The van der Waals surface area contributed by atoms with Gasteiger partial charge in [0.25, 0.3) is 0 Å². The Hall–Kier alpha value is -7.70. The van der Waals surface area contributed by atoms with Crippen molar-refractivity contribution >= 4 is 76.1 Å². The van der Waals surface area contributed by atoms with Crippen LogP contribution in [-0.2, 0) is 0 Å². The molecule has 0 fully saturated rings. The molecule has 0 saturated heterocycles. The minimum Gasteiger partial charge on any atom is -0.455 e. The molecule has 0 bridgehead atoms. The van der Waals surface area contributed by atoms with Crippen molar-refractivity contribution in [1.82, 2.24) is 19.9 Å². The van der Waals surface area contributed by atoms with Crippen LogP contribution in [0.5, 0.6) is 0 Å². The Morgan fingerprint density at radius 1 is 0.339 bits per heavy atom. The summed E-state index contributed by atoms with van der Waals surface area (Å²) >= 11 is 0. The molecule has 0 aliphatic rings. The van der Waals surface area contributed by atoms with Crippen LogP contribution in [0.15, 0.2) is 179 Å². The van der Waals surface area contributed by atoms with E-state index in [1.165, 1.54) is 10.8 Å². The first kappa shape index (κ1) is 30.7. The number of hydrogen-bond donors (Lipinski definition) is 0. The lowest BCUT2D eigenvalue weighted by molar-refractivity contribution is 0.622. The molecular weight excluding hydrogens is 689 g/mol. The highest BCUT2D eigenvalue weighted by Crippen LogP contribution is 2.41. The fourth-order valence-electron chi connectivity index (χ4n) is 8.20. The van der Waals surface area contributed by atoms with Crippen LogP contribution in [0.1, 0.15) is 0 Å². The maximum absolute atomic E-state index is 6.57. The second-order valence-electron chi connectivity index (χ2n) is 14.2. The molecule has 12 aromatic rings. The third kappa shape index (κ3) is 4.76. The largest absolute Gasteiger partial charge is 0.455 e. The van der Waals surface area contributed by atoms with Gasteiger partial charge in [-0.3, -0.25) is 0 Å². The van der Waals surface area contributed by atoms with Gasteiger partial charge in [-0.2, -0.15) is 0 Å². The van der Waals surface area contributed by atoms with Crippen molar-refractivity contribution < 1.29 is 8.83 Å². The number of oxazole rings is 1. The van der Waals surface area contributed by atoms with Crippen molar-refractivity contribution in [3.63, 3.8) is 0 Å². The zero-order chi connectivity index (χ0) is 36.7. The monoisotopic (exact) mass is 716 g/mol. The number of rotatable bonds is 4. The Bertz CT molecular complexity index is 3550. The van der Waals surface area contributed by atoms with Gasteiger partial charge in [0, 0.05) is 33.0 Å². The molecule has 0 saturated carbocycles. The summed E-state index contributed by atoms with van der Waals surface area (Å²) in [7, 11) is 0. The molecule has 0 aliphatic carbocycles. The predicted octanol–water partition coefficient (Wildman–Crippen LogP) is 13.2. The van der Waals surface area contributed by atoms with Gasteiger partial charge in [-0.25, -0.2) is 19.9 Å². The van der Waals surface area contributed by atoms with Gasteiger partial charge < -0.3 is 8.83 Å². The molecule has 56 heavy (non-hydrogen) atoms. The van der Waals surface area contributed by atoms with E-state index < -0.39 is 0 Å². The van der Waals surface area contributed by atoms with Gasteiger partial charge in [0.15, 0.2) is 23.1 Å². The summed E-state index contributed by atoms with van der Waals surface area (Å²) < 4.78 is 13.0. The third-order valence-electron chi connectivity index (χ3n) is 10.9. The second-order valence-corrected chi connectivity index (χ2v) is 14.2. The van der Waals surface area contributed by atoms with E-state index in [4.69, 9.17) is 28.8 Å². The van der Waals surface area contributed by atoms with Crippen LogP contribution >= 0.6 is 0 Å². The lowest BCUT2D eigenvalue weighted by Crippen LogP contribution is -2.01. The van der Waals surface area contributed by atoms with Crippen molar-refractivity contribution in [2.24, 2.45) is 0 Å². The van der Waals surface area contributed by atoms with E-state index in [9.17, 15) is 0 Å². The van der Waals surface area contributed by atoms with Crippen LogP contribution in [0, 0.1) is 0 Å². The minimum atomic E-state index is 0.587. The van der Waals surface area contributed by atoms with E-state index >= 15 is 0 Å². The van der Waals surface area contributed by atoms with E-state index in [0.29, 0.717) is 23.4 Å². The molecule has 3 aromatic heterocycles. The van der Waals surface area contributed by atoms with Crippen LogP contribution < -0.4 is 0 Å². The normalized spacial score (nSPS) is 11.9. The molecule has 0 unspecified atom stereocenters. The molecule has 9 aromatic carbocycles. The van der Waals surface area contributed by atoms with Gasteiger partial charge in [-0.15, -0.1) is 0 Å². The van der Waals surface area contributed by atoms with E-state index in [0.717, 1.165) is 87.6 Å². The van der Waals surface area contributed by atoms with Gasteiger partial charge in [0.1, 0.15) is 16.7 Å². The lowest BCUT2D eigenvalue weighted by Gasteiger charge is -2.13. The van der Waals surface area contributed by atoms with Gasteiger partial charge in [-0.1, -0.05) is 115 Å². The standard InChI is InChI=1S/C50H28N4O2/c1-2-11-30(12-3-1)50-51-42-24-25-43-44(46(42)56-50)40-23-20-33-27-35(21-22-37(33)45(40)55-43)48-52-47(34-19-18-29-10-4-5-13-31(29)26-34)53-49(54-48)41-28-32-14-6-7-15-36(32)38-16-8-9-17-39(38)41/h1-28H. The number of fused-ring (bicyclic) bond motifs is 11. The first-order valence-corrected chi connectivity index (χ1v) is 18.6. The minimum absolute atomic E-state index is 0.587. The number of nitrogens with zero attached hydrogens (tertiary/aromatic N) is 4. The molecule has 12 rings (SSSR count). The van der Waals surface area contributed by atoms with E-state index in [2.05, 4.69) is 127 Å². The van der Waals surface area contributed by atoms with Gasteiger partial charge in [0.2, 0.25) is 5.89 Å². The summed E-state index contributed by atoms with van der Waals surface area (Å²) in [4.78, 5) is 20.4. The Kier molecular flexibility index (Phi) is 6.53. The summed E-state index contributed by atoms with van der Waals surface area (Å²) in [6, 6.07) is 58.4. The van der Waals surface area contributed by atoms with E-state index in [1.807, 2.05) is 42.5 Å². The molecule has 6 nitrogen and oxygen atoms in total. The summed E-state index contributed by atoms with van der Waals surface area (Å²) in [6.07, 6.45) is 0. The maximum Gasteiger partial charge on any atom is 0.227 e. The molecule has 0 spiro atoms. The zero-order valence-corrected chi connectivity index (χ0v) is 29.8. The predicted molar refractivity (Wildman–Crippen MR) is 226 cm³/mol. The highest BCUT2D eigenvalue weighted by Gasteiger charge is 2.20. The lowest BCUT2D eigenvalue weighted by atomic mass is 9.96. The summed E-state index contributed by atoms with van der Waals surface area (Å²) in [5.41, 5.74) is 6.77. The van der Waals surface area contributed by atoms with Crippen molar-refractivity contribution in [3.05, 3.63) is 170 Å². The molecule has 0 radical (unpaired) electrons. The average Bonchev–Trinajstić information content (AvgIpc) is 3.88. The van der Waals surface area contributed by atoms with Crippen molar-refractivity contribution in [2.45, 2.75) is 0 Å². The highest BCUT2D eigenvalue weighted by molar-refractivity contribution is 6.22. The van der Waals surface area contributed by atoms with Crippen molar-refractivity contribution in [1.29, 1.82) is 0 Å². The summed E-state index contributed by atoms with van der Waals surface area (Å²) in [6.45, 7) is 0. The number of aromatic nitrogens is 4. The van der Waals surface area contributed by atoms with Crippen LogP contribution in [0.4, 0.5) is 0 Å². The van der Waals surface area contributed by atoms with Crippen LogP contribution in [-0.4, -0.2) is 19.9 Å². The van der Waals surface area contributed by atoms with E-state index in [1.54, 1.807) is 0 Å². The zero-order valence-electron chi connectivity index (χ0n) is 29.8. The van der Waals surface area contributed by atoms with Gasteiger partial charge >= 0.3 is 0 Å². The smallest absolute Gasteiger partial charge is 0.227 e.